The van der Waals surface area contributed by atoms with Gasteiger partial charge in [-0.25, -0.2) is 14.6 Å². The number of nitrogens with two attached hydrogens (primary N) is 1. The van der Waals surface area contributed by atoms with Gasteiger partial charge in [0.2, 0.25) is 0 Å². The number of hydrogen-bond acceptors (Lipinski definition) is 10. The highest BCUT2D eigenvalue weighted by Crippen LogP contribution is 2.36. The number of nitrogens with zero attached hydrogens (tertiary/aromatic N) is 5. The van der Waals surface area contributed by atoms with Gasteiger partial charge in [-0.3, -0.25) is 4.79 Å². The largest absolute Gasteiger partial charge is 0.513 e. The molecule has 3 heterocycles. The van der Waals surface area contributed by atoms with Crippen LogP contribution in [0.3, 0.4) is 0 Å². The molecule has 0 radical (unpaired) electrons. The summed E-state index contributed by atoms with van der Waals surface area (Å²) >= 11 is 1.35. The van der Waals surface area contributed by atoms with E-state index in [-0.39, 0.29) is 17.3 Å². The minimum Gasteiger partial charge on any atom is -0.513 e. The topological polar surface area (TPSA) is 164 Å². The van der Waals surface area contributed by atoms with Crippen LogP contribution in [0, 0.1) is 0 Å². The Labute approximate surface area is 211 Å². The van der Waals surface area contributed by atoms with E-state index in [9.17, 15) is 15.0 Å². The van der Waals surface area contributed by atoms with E-state index >= 15 is 0 Å². The summed E-state index contributed by atoms with van der Waals surface area (Å²) in [5, 5.41) is 34.6. The van der Waals surface area contributed by atoms with Crippen LogP contribution in [-0.4, -0.2) is 48.1 Å². The third kappa shape index (κ3) is 5.50. The van der Waals surface area contributed by atoms with E-state index in [4.69, 9.17) is 5.73 Å². The van der Waals surface area contributed by atoms with Crippen molar-refractivity contribution in [3.63, 3.8) is 0 Å². The molecule has 0 unspecified atom stereocenters. The zero-order valence-electron chi connectivity index (χ0n) is 19.9. The van der Waals surface area contributed by atoms with Crippen molar-refractivity contribution in [1.29, 1.82) is 0 Å². The first kappa shape index (κ1) is 24.8. The first-order valence-corrected chi connectivity index (χ1v) is 11.8. The van der Waals surface area contributed by atoms with Crippen molar-refractivity contribution in [3.05, 3.63) is 77.6 Å². The molecule has 4 aromatic rings. The van der Waals surface area contributed by atoms with Crippen molar-refractivity contribution in [2.45, 2.75) is 26.0 Å². The number of thiazole rings is 1. The molecule has 11 nitrogen and oxygen atoms in total. The third-order valence-corrected chi connectivity index (χ3v) is 6.27. The Kier molecular flexibility index (Phi) is 6.99. The molecule has 1 amide bonds. The van der Waals surface area contributed by atoms with Gasteiger partial charge in [0, 0.05) is 12.6 Å². The smallest absolute Gasteiger partial charge is 0.273 e. The van der Waals surface area contributed by atoms with Crippen LogP contribution < -0.4 is 16.4 Å². The summed E-state index contributed by atoms with van der Waals surface area (Å²) in [6.07, 6.45) is 2.35. The number of pyridine rings is 1. The first-order chi connectivity index (χ1) is 17.2. The molecule has 0 atom stereocenters. The van der Waals surface area contributed by atoms with Crippen LogP contribution in [0.4, 0.5) is 10.8 Å². The molecular weight excluding hydrogens is 480 g/mol. The Hall–Kier alpha value is -4.29. The van der Waals surface area contributed by atoms with Crippen molar-refractivity contribution < 1.29 is 15.0 Å². The minimum absolute atomic E-state index is 0.105. The SMILES string of the molecule is CNC(=O)c1cn(Cc2cccc(Nc3sc(-c4ccc(C(C)(C)O)cc4)nc3/C(N)=C\O)n2)nn1. The summed E-state index contributed by atoms with van der Waals surface area (Å²) in [5.41, 5.74) is 8.08. The first-order valence-electron chi connectivity index (χ1n) is 11.0. The van der Waals surface area contributed by atoms with E-state index in [2.05, 4.69) is 30.9 Å². The summed E-state index contributed by atoms with van der Waals surface area (Å²) in [5.74, 6) is 0.223. The molecule has 186 valence electrons. The molecule has 0 saturated carbocycles. The number of rotatable bonds is 8. The quantitative estimate of drug-likeness (QED) is 0.226. The molecule has 4 rings (SSSR count). The summed E-state index contributed by atoms with van der Waals surface area (Å²) < 4.78 is 1.52. The van der Waals surface area contributed by atoms with E-state index in [0.29, 0.717) is 33.8 Å². The predicted octanol–water partition coefficient (Wildman–Crippen LogP) is 2.99. The van der Waals surface area contributed by atoms with Crippen molar-refractivity contribution in [3.8, 4) is 10.6 Å². The Morgan fingerprint density at radius 3 is 2.61 bits per heavy atom. The van der Waals surface area contributed by atoms with Crippen LogP contribution in [0.2, 0.25) is 0 Å². The molecule has 3 aromatic heterocycles. The zero-order valence-corrected chi connectivity index (χ0v) is 20.7. The van der Waals surface area contributed by atoms with Gasteiger partial charge >= 0.3 is 0 Å². The average Bonchev–Trinajstić information content (AvgIpc) is 3.50. The number of nitrogens with one attached hydrogen (secondary N) is 2. The molecular formula is C24H26N8O3S. The molecule has 0 aliphatic carbocycles. The molecule has 6 N–H and O–H groups in total. The highest BCUT2D eigenvalue weighted by molar-refractivity contribution is 7.19. The van der Waals surface area contributed by atoms with Crippen LogP contribution in [-0.2, 0) is 12.1 Å². The Morgan fingerprint density at radius 2 is 1.94 bits per heavy atom. The molecule has 12 heteroatoms. The number of hydrogen-bond donors (Lipinski definition) is 5. The monoisotopic (exact) mass is 506 g/mol. The van der Waals surface area contributed by atoms with Crippen molar-refractivity contribution in [2.24, 2.45) is 5.73 Å². The Morgan fingerprint density at radius 1 is 1.19 bits per heavy atom. The van der Waals surface area contributed by atoms with Crippen LogP contribution in [0.25, 0.3) is 16.3 Å². The normalized spacial score (nSPS) is 11.9. The van der Waals surface area contributed by atoms with Crippen LogP contribution in [0.5, 0.6) is 0 Å². The number of amides is 1. The lowest BCUT2D eigenvalue weighted by molar-refractivity contribution is 0.0786. The van der Waals surface area contributed by atoms with Gasteiger partial charge in [-0.05, 0) is 31.5 Å². The van der Waals surface area contributed by atoms with E-state index in [1.807, 2.05) is 36.4 Å². The van der Waals surface area contributed by atoms with Crippen molar-refractivity contribution in [1.82, 2.24) is 30.3 Å². The zero-order chi connectivity index (χ0) is 25.9. The van der Waals surface area contributed by atoms with Crippen LogP contribution in [0.15, 0.2) is 54.9 Å². The number of benzene rings is 1. The van der Waals surface area contributed by atoms with Gasteiger partial charge in [-0.1, -0.05) is 46.9 Å². The number of carbonyl (C=O) groups excluding carboxylic acids is 1. The summed E-state index contributed by atoms with van der Waals surface area (Å²) in [6, 6.07) is 12.9. The molecule has 0 fully saturated rings. The molecule has 0 bridgehead atoms. The van der Waals surface area contributed by atoms with Gasteiger partial charge in [0.25, 0.3) is 5.91 Å². The molecule has 0 saturated heterocycles. The third-order valence-electron chi connectivity index (χ3n) is 5.25. The number of aromatic nitrogens is 5. The maximum absolute atomic E-state index is 11.7. The number of carbonyl (C=O) groups is 1. The molecule has 0 spiro atoms. The number of anilines is 2. The summed E-state index contributed by atoms with van der Waals surface area (Å²) in [6.45, 7) is 3.76. The van der Waals surface area contributed by atoms with Crippen molar-refractivity contribution >= 4 is 33.8 Å². The highest BCUT2D eigenvalue weighted by atomic mass is 32.1. The second-order valence-corrected chi connectivity index (χ2v) is 9.44. The summed E-state index contributed by atoms with van der Waals surface area (Å²) in [4.78, 5) is 20.9. The lowest BCUT2D eigenvalue weighted by Crippen LogP contribution is -2.18. The Balaban J connectivity index is 1.59. The predicted molar refractivity (Wildman–Crippen MR) is 138 cm³/mol. The molecule has 36 heavy (non-hydrogen) atoms. The van der Waals surface area contributed by atoms with Gasteiger partial charge in [-0.2, -0.15) is 0 Å². The highest BCUT2D eigenvalue weighted by Gasteiger charge is 2.19. The lowest BCUT2D eigenvalue weighted by Gasteiger charge is -2.17. The van der Waals surface area contributed by atoms with Gasteiger partial charge < -0.3 is 26.6 Å². The van der Waals surface area contributed by atoms with Gasteiger partial charge in [0.05, 0.1) is 29.7 Å². The van der Waals surface area contributed by atoms with Gasteiger partial charge in [-0.15, -0.1) is 5.10 Å². The van der Waals surface area contributed by atoms with Crippen LogP contribution in [0.1, 0.15) is 41.3 Å². The standard InChI is InChI=1S/C24H26N8O3S/c1-24(2,35)15-9-7-14(8-10-15)22-29-20(17(25)13-33)23(36-22)28-19-6-4-5-16(27-19)11-32-12-18(30-31-32)21(34)26-3/h4-10,12-13,33,35H,11,25H2,1-3H3,(H,26,34)(H,27,28)/b17-13+. The Bertz CT molecular complexity index is 1400. The molecule has 0 aliphatic heterocycles. The second-order valence-electron chi connectivity index (χ2n) is 8.44. The fraction of sp³-hybridized carbons (Fsp3) is 0.208. The lowest BCUT2D eigenvalue weighted by atomic mass is 9.97. The maximum Gasteiger partial charge on any atom is 0.273 e. The fourth-order valence-electron chi connectivity index (χ4n) is 3.33. The van der Waals surface area contributed by atoms with Gasteiger partial charge in [0.1, 0.15) is 27.8 Å². The van der Waals surface area contributed by atoms with Crippen molar-refractivity contribution in [2.75, 3.05) is 12.4 Å². The molecule has 1 aromatic carbocycles. The molecule has 0 aliphatic rings. The fourth-order valence-corrected chi connectivity index (χ4v) is 4.33. The van der Waals surface area contributed by atoms with E-state index < -0.39 is 5.60 Å². The average molecular weight is 507 g/mol. The number of aliphatic hydroxyl groups is 2. The van der Waals surface area contributed by atoms with E-state index in [1.54, 1.807) is 26.1 Å². The minimum atomic E-state index is -0.948. The van der Waals surface area contributed by atoms with E-state index in [1.165, 1.54) is 23.1 Å². The van der Waals surface area contributed by atoms with Crippen LogP contribution >= 0.6 is 11.3 Å². The second kappa shape index (κ2) is 10.1. The van der Waals surface area contributed by atoms with E-state index in [0.717, 1.165) is 17.4 Å². The summed E-state index contributed by atoms with van der Waals surface area (Å²) in [7, 11) is 1.53. The number of aliphatic hydroxyl groups excluding tert-OH is 1. The van der Waals surface area contributed by atoms with Gasteiger partial charge in [0.15, 0.2) is 5.69 Å². The maximum atomic E-state index is 11.7.